The van der Waals surface area contributed by atoms with Gasteiger partial charge >= 0.3 is 0 Å². The lowest BCUT2D eigenvalue weighted by Gasteiger charge is -2.13. The number of nitrogens with one attached hydrogen (secondary N) is 2. The lowest BCUT2D eigenvalue weighted by atomic mass is 10.1. The van der Waals surface area contributed by atoms with Crippen LogP contribution in [0, 0.1) is 0 Å². The van der Waals surface area contributed by atoms with E-state index in [2.05, 4.69) is 10.6 Å². The molecule has 1 unspecified atom stereocenters. The van der Waals surface area contributed by atoms with Crippen LogP contribution in [0.15, 0.2) is 18.2 Å². The first kappa shape index (κ1) is 12.0. The maximum atomic E-state index is 12.2. The second-order valence-electron chi connectivity index (χ2n) is 5.20. The molecule has 2 N–H and O–H groups in total. The fraction of sp³-hybridized carbons (Fsp3) is 0.429. The van der Waals surface area contributed by atoms with E-state index < -0.39 is 0 Å². The lowest BCUT2D eigenvalue weighted by Crippen LogP contribution is -2.36. The van der Waals surface area contributed by atoms with Crippen molar-refractivity contribution >= 4 is 17.5 Å². The first-order valence-corrected chi connectivity index (χ1v) is 6.55. The summed E-state index contributed by atoms with van der Waals surface area (Å²) in [4.78, 5) is 25.2. The summed E-state index contributed by atoms with van der Waals surface area (Å²) >= 11 is 0. The number of benzene rings is 1. The number of hydrogen-bond donors (Lipinski definition) is 2. The summed E-state index contributed by atoms with van der Waals surface area (Å²) in [5.74, 6) is -0.00810. The van der Waals surface area contributed by atoms with Crippen molar-refractivity contribution in [2.75, 3.05) is 25.5 Å². The molecule has 2 aliphatic heterocycles. The van der Waals surface area contributed by atoms with Crippen molar-refractivity contribution in [1.29, 1.82) is 0 Å². The summed E-state index contributed by atoms with van der Waals surface area (Å²) in [5.41, 5.74) is 2.98. The number of hydrogen-bond acceptors (Lipinski definition) is 3. The molecule has 0 saturated carbocycles. The first-order valence-electron chi connectivity index (χ1n) is 6.55. The van der Waals surface area contributed by atoms with Gasteiger partial charge in [0.05, 0.1) is 6.04 Å². The second kappa shape index (κ2) is 4.57. The highest BCUT2D eigenvalue weighted by Gasteiger charge is 2.28. The molecule has 1 aromatic rings. The molecule has 3 rings (SSSR count). The number of amides is 2. The van der Waals surface area contributed by atoms with Crippen LogP contribution in [0.2, 0.25) is 0 Å². The molecule has 100 valence electrons. The molecular formula is C14H17N3O2. The van der Waals surface area contributed by atoms with E-state index >= 15 is 0 Å². The number of likely N-dealkylation sites (N-methyl/N-ethyl adjacent to an activating group) is 1. The van der Waals surface area contributed by atoms with Crippen molar-refractivity contribution in [3.8, 4) is 0 Å². The van der Waals surface area contributed by atoms with Crippen LogP contribution in [0.3, 0.4) is 0 Å². The fourth-order valence-electron chi connectivity index (χ4n) is 2.68. The van der Waals surface area contributed by atoms with Crippen LogP contribution in [-0.2, 0) is 11.2 Å². The highest BCUT2D eigenvalue weighted by molar-refractivity contribution is 5.95. The van der Waals surface area contributed by atoms with Gasteiger partial charge in [0.15, 0.2) is 0 Å². The fourth-order valence-corrected chi connectivity index (χ4v) is 2.68. The summed E-state index contributed by atoms with van der Waals surface area (Å²) in [7, 11) is 1.76. The van der Waals surface area contributed by atoms with E-state index in [1.54, 1.807) is 11.9 Å². The highest BCUT2D eigenvalue weighted by Crippen LogP contribution is 2.23. The standard InChI is InChI=1S/C14H17N3O2/c1-17-8-11(7-13(17)18)16-14(19)10-2-3-12-9(6-10)4-5-15-12/h2-3,6,11,15H,4-5,7-8H2,1H3,(H,16,19). The highest BCUT2D eigenvalue weighted by atomic mass is 16.2. The number of likely N-dealkylation sites (tertiary alicyclic amines) is 1. The Hall–Kier alpha value is -2.04. The van der Waals surface area contributed by atoms with Crippen LogP contribution in [0.5, 0.6) is 0 Å². The van der Waals surface area contributed by atoms with Gasteiger partial charge in [0, 0.05) is 37.8 Å². The van der Waals surface area contributed by atoms with Crippen LogP contribution in [-0.4, -0.2) is 42.9 Å². The molecule has 19 heavy (non-hydrogen) atoms. The Bertz CT molecular complexity index is 541. The van der Waals surface area contributed by atoms with Crippen LogP contribution < -0.4 is 10.6 Å². The first-order chi connectivity index (χ1) is 9.13. The molecule has 1 saturated heterocycles. The van der Waals surface area contributed by atoms with Crippen LogP contribution in [0.4, 0.5) is 5.69 Å². The molecule has 1 fully saturated rings. The Balaban J connectivity index is 1.69. The van der Waals surface area contributed by atoms with E-state index in [0.717, 1.165) is 18.7 Å². The minimum absolute atomic E-state index is 0.0728. The molecule has 1 atom stereocenters. The molecule has 1 aromatic carbocycles. The zero-order valence-corrected chi connectivity index (χ0v) is 10.9. The normalized spacial score (nSPS) is 21.2. The Morgan fingerprint density at radius 2 is 2.32 bits per heavy atom. The Labute approximate surface area is 112 Å². The molecular weight excluding hydrogens is 242 g/mol. The van der Waals surface area contributed by atoms with E-state index in [-0.39, 0.29) is 17.9 Å². The summed E-state index contributed by atoms with van der Waals surface area (Å²) in [5, 5.41) is 6.19. The quantitative estimate of drug-likeness (QED) is 0.818. The SMILES string of the molecule is CN1CC(NC(=O)c2ccc3c(c2)CCN3)CC1=O. The van der Waals surface area contributed by atoms with Gasteiger partial charge in [-0.2, -0.15) is 0 Å². The van der Waals surface area contributed by atoms with Gasteiger partial charge in [-0.25, -0.2) is 0 Å². The van der Waals surface area contributed by atoms with Gasteiger partial charge in [0.25, 0.3) is 5.91 Å². The number of nitrogens with zero attached hydrogens (tertiary/aromatic N) is 1. The summed E-state index contributed by atoms with van der Waals surface area (Å²) in [6.45, 7) is 1.53. The summed E-state index contributed by atoms with van der Waals surface area (Å²) in [6.07, 6.45) is 1.36. The zero-order chi connectivity index (χ0) is 13.4. The second-order valence-corrected chi connectivity index (χ2v) is 5.20. The molecule has 0 spiro atoms. The van der Waals surface area contributed by atoms with Gasteiger partial charge < -0.3 is 15.5 Å². The molecule has 5 heteroatoms. The zero-order valence-electron chi connectivity index (χ0n) is 10.9. The molecule has 2 amide bonds. The van der Waals surface area contributed by atoms with Gasteiger partial charge in [-0.15, -0.1) is 0 Å². The number of carbonyl (C=O) groups is 2. The van der Waals surface area contributed by atoms with E-state index in [1.165, 1.54) is 5.56 Å². The van der Waals surface area contributed by atoms with Crippen molar-refractivity contribution < 1.29 is 9.59 Å². The molecule has 2 aliphatic rings. The van der Waals surface area contributed by atoms with Gasteiger partial charge in [-0.3, -0.25) is 9.59 Å². The average Bonchev–Trinajstić information content (AvgIpc) is 2.96. The van der Waals surface area contributed by atoms with Crippen molar-refractivity contribution in [3.63, 3.8) is 0 Å². The molecule has 0 bridgehead atoms. The van der Waals surface area contributed by atoms with Gasteiger partial charge in [-0.1, -0.05) is 0 Å². The van der Waals surface area contributed by atoms with E-state index in [4.69, 9.17) is 0 Å². The van der Waals surface area contributed by atoms with Gasteiger partial charge in [0.2, 0.25) is 5.91 Å². The number of carbonyl (C=O) groups excluding carboxylic acids is 2. The predicted molar refractivity (Wildman–Crippen MR) is 72.1 cm³/mol. The largest absolute Gasteiger partial charge is 0.384 e. The average molecular weight is 259 g/mol. The number of fused-ring (bicyclic) bond motifs is 1. The third kappa shape index (κ3) is 2.28. The molecule has 2 heterocycles. The topological polar surface area (TPSA) is 61.4 Å². The Morgan fingerprint density at radius 3 is 3.05 bits per heavy atom. The van der Waals surface area contributed by atoms with Crippen molar-refractivity contribution in [2.24, 2.45) is 0 Å². The summed E-state index contributed by atoms with van der Waals surface area (Å²) < 4.78 is 0. The third-order valence-electron chi connectivity index (χ3n) is 3.75. The maximum absolute atomic E-state index is 12.2. The van der Waals surface area contributed by atoms with Crippen LogP contribution in [0.25, 0.3) is 0 Å². The Kier molecular flexibility index (Phi) is 2.89. The van der Waals surface area contributed by atoms with E-state index in [9.17, 15) is 9.59 Å². The minimum Gasteiger partial charge on any atom is -0.384 e. The molecule has 5 nitrogen and oxygen atoms in total. The maximum Gasteiger partial charge on any atom is 0.251 e. The monoisotopic (exact) mass is 259 g/mol. The molecule has 0 aliphatic carbocycles. The van der Waals surface area contributed by atoms with Crippen molar-refractivity contribution in [3.05, 3.63) is 29.3 Å². The van der Waals surface area contributed by atoms with Crippen molar-refractivity contribution in [1.82, 2.24) is 10.2 Å². The third-order valence-corrected chi connectivity index (χ3v) is 3.75. The summed E-state index contributed by atoms with van der Waals surface area (Å²) in [6, 6.07) is 5.64. The Morgan fingerprint density at radius 1 is 1.47 bits per heavy atom. The molecule has 0 aromatic heterocycles. The smallest absolute Gasteiger partial charge is 0.251 e. The van der Waals surface area contributed by atoms with Crippen LogP contribution in [0.1, 0.15) is 22.3 Å². The van der Waals surface area contributed by atoms with Crippen molar-refractivity contribution in [2.45, 2.75) is 18.9 Å². The predicted octanol–water partition coefficient (Wildman–Crippen LogP) is 0.615. The van der Waals surface area contributed by atoms with E-state index in [0.29, 0.717) is 18.5 Å². The van der Waals surface area contributed by atoms with Crippen LogP contribution >= 0.6 is 0 Å². The minimum atomic E-state index is -0.0946. The number of anilines is 1. The van der Waals surface area contributed by atoms with Gasteiger partial charge in [-0.05, 0) is 30.2 Å². The lowest BCUT2D eigenvalue weighted by molar-refractivity contribution is -0.126. The molecule has 0 radical (unpaired) electrons. The van der Waals surface area contributed by atoms with Gasteiger partial charge in [0.1, 0.15) is 0 Å². The number of rotatable bonds is 2. The van der Waals surface area contributed by atoms with E-state index in [1.807, 2.05) is 18.2 Å².